The maximum absolute atomic E-state index is 5.91. The molecule has 0 fully saturated rings. The van der Waals surface area contributed by atoms with Crippen molar-refractivity contribution in [3.63, 3.8) is 0 Å². The molecule has 0 aliphatic rings. The van der Waals surface area contributed by atoms with Crippen molar-refractivity contribution in [2.75, 3.05) is 5.73 Å². The van der Waals surface area contributed by atoms with E-state index in [0.29, 0.717) is 0 Å². The average molecular weight is 233 g/mol. The molecule has 2 aromatic rings. The van der Waals surface area contributed by atoms with E-state index in [1.54, 1.807) is 11.8 Å². The highest BCUT2D eigenvalue weighted by Gasteiger charge is 2.03. The molecule has 0 aliphatic heterocycles. The SMILES string of the molecule is Cc1ccc(N)c(SCc2ccc(C)o2)c1. The van der Waals surface area contributed by atoms with Crippen LogP contribution in [0.1, 0.15) is 17.1 Å². The van der Waals surface area contributed by atoms with Crippen LogP contribution < -0.4 is 5.73 Å². The molecule has 2 N–H and O–H groups in total. The standard InChI is InChI=1S/C13H15NOS/c1-9-3-6-12(14)13(7-9)16-8-11-5-4-10(2)15-11/h3-7H,8,14H2,1-2H3. The minimum atomic E-state index is 0.821. The van der Waals surface area contributed by atoms with Crippen LogP contribution >= 0.6 is 11.8 Å². The first-order chi connectivity index (χ1) is 7.65. The van der Waals surface area contributed by atoms with Gasteiger partial charge in [-0.05, 0) is 43.7 Å². The van der Waals surface area contributed by atoms with E-state index in [1.165, 1.54) is 5.56 Å². The minimum Gasteiger partial charge on any atom is -0.465 e. The van der Waals surface area contributed by atoms with Gasteiger partial charge in [-0.1, -0.05) is 6.07 Å². The van der Waals surface area contributed by atoms with Crippen molar-refractivity contribution in [1.82, 2.24) is 0 Å². The van der Waals surface area contributed by atoms with E-state index < -0.39 is 0 Å². The Balaban J connectivity index is 2.07. The molecule has 0 radical (unpaired) electrons. The Morgan fingerprint density at radius 3 is 2.69 bits per heavy atom. The maximum Gasteiger partial charge on any atom is 0.114 e. The lowest BCUT2D eigenvalue weighted by Gasteiger charge is -2.05. The molecular formula is C13H15NOS. The molecule has 0 amide bonds. The fourth-order valence-corrected chi connectivity index (χ4v) is 2.44. The van der Waals surface area contributed by atoms with E-state index in [0.717, 1.165) is 27.9 Å². The molecule has 0 saturated heterocycles. The van der Waals surface area contributed by atoms with E-state index in [-0.39, 0.29) is 0 Å². The first-order valence-corrected chi connectivity index (χ1v) is 6.18. The molecule has 1 aromatic heterocycles. The number of nitrogen functional groups attached to an aromatic ring is 1. The van der Waals surface area contributed by atoms with Crippen LogP contribution in [0.4, 0.5) is 5.69 Å². The second kappa shape index (κ2) is 4.66. The van der Waals surface area contributed by atoms with Gasteiger partial charge in [-0.15, -0.1) is 11.8 Å². The van der Waals surface area contributed by atoms with Gasteiger partial charge in [0.2, 0.25) is 0 Å². The highest BCUT2D eigenvalue weighted by atomic mass is 32.2. The molecule has 1 aromatic carbocycles. The van der Waals surface area contributed by atoms with Crippen molar-refractivity contribution in [1.29, 1.82) is 0 Å². The lowest BCUT2D eigenvalue weighted by atomic mass is 10.2. The summed E-state index contributed by atoms with van der Waals surface area (Å²) in [5.41, 5.74) is 7.97. The van der Waals surface area contributed by atoms with Crippen LogP contribution in [-0.2, 0) is 5.75 Å². The van der Waals surface area contributed by atoms with Crippen LogP contribution in [0, 0.1) is 13.8 Å². The summed E-state index contributed by atoms with van der Waals surface area (Å²) in [5, 5.41) is 0. The third kappa shape index (κ3) is 2.61. The van der Waals surface area contributed by atoms with E-state index >= 15 is 0 Å². The van der Waals surface area contributed by atoms with Crippen LogP contribution in [0.15, 0.2) is 39.6 Å². The van der Waals surface area contributed by atoms with E-state index in [4.69, 9.17) is 10.2 Å². The van der Waals surface area contributed by atoms with Gasteiger partial charge in [0, 0.05) is 10.6 Å². The Morgan fingerprint density at radius 2 is 2.00 bits per heavy atom. The molecule has 2 rings (SSSR count). The van der Waals surface area contributed by atoms with Crippen molar-refractivity contribution in [3.05, 3.63) is 47.4 Å². The Hall–Kier alpha value is -1.35. The van der Waals surface area contributed by atoms with Gasteiger partial charge in [0.05, 0.1) is 5.75 Å². The fraction of sp³-hybridized carbons (Fsp3) is 0.231. The molecule has 0 spiro atoms. The maximum atomic E-state index is 5.91. The van der Waals surface area contributed by atoms with Crippen molar-refractivity contribution in [3.8, 4) is 0 Å². The molecule has 16 heavy (non-hydrogen) atoms. The highest BCUT2D eigenvalue weighted by molar-refractivity contribution is 7.98. The molecule has 2 nitrogen and oxygen atoms in total. The van der Waals surface area contributed by atoms with E-state index in [9.17, 15) is 0 Å². The molecule has 0 unspecified atom stereocenters. The van der Waals surface area contributed by atoms with E-state index in [2.05, 4.69) is 13.0 Å². The van der Waals surface area contributed by atoms with Crippen LogP contribution in [0.3, 0.4) is 0 Å². The molecule has 84 valence electrons. The van der Waals surface area contributed by atoms with Gasteiger partial charge in [-0.25, -0.2) is 0 Å². The second-order valence-electron chi connectivity index (χ2n) is 3.84. The summed E-state index contributed by atoms with van der Waals surface area (Å²) >= 11 is 1.71. The first kappa shape index (κ1) is 11.1. The predicted molar refractivity (Wildman–Crippen MR) is 68.6 cm³/mol. The number of aryl methyl sites for hydroxylation is 2. The number of thioether (sulfide) groups is 1. The molecular weight excluding hydrogens is 218 g/mol. The van der Waals surface area contributed by atoms with Gasteiger partial charge >= 0.3 is 0 Å². The van der Waals surface area contributed by atoms with Crippen molar-refractivity contribution >= 4 is 17.4 Å². The van der Waals surface area contributed by atoms with Crippen LogP contribution in [0.5, 0.6) is 0 Å². The second-order valence-corrected chi connectivity index (χ2v) is 4.86. The van der Waals surface area contributed by atoms with Gasteiger partial charge < -0.3 is 10.2 Å². The number of anilines is 1. The smallest absolute Gasteiger partial charge is 0.114 e. The Kier molecular flexibility index (Phi) is 3.25. The topological polar surface area (TPSA) is 39.2 Å². The zero-order valence-electron chi connectivity index (χ0n) is 9.49. The Morgan fingerprint density at radius 1 is 1.19 bits per heavy atom. The summed E-state index contributed by atoms with van der Waals surface area (Å²) in [6, 6.07) is 10.1. The summed E-state index contributed by atoms with van der Waals surface area (Å²) in [6.45, 7) is 4.02. The number of hydrogen-bond donors (Lipinski definition) is 1. The normalized spacial score (nSPS) is 10.6. The summed E-state index contributed by atoms with van der Waals surface area (Å²) in [7, 11) is 0. The fourth-order valence-electron chi connectivity index (χ4n) is 1.48. The van der Waals surface area contributed by atoms with Crippen LogP contribution in [0.25, 0.3) is 0 Å². The first-order valence-electron chi connectivity index (χ1n) is 5.19. The van der Waals surface area contributed by atoms with Crippen LogP contribution in [0.2, 0.25) is 0 Å². The molecule has 0 aliphatic carbocycles. The van der Waals surface area contributed by atoms with Gasteiger partial charge in [0.1, 0.15) is 11.5 Å². The largest absolute Gasteiger partial charge is 0.465 e. The van der Waals surface area contributed by atoms with Gasteiger partial charge in [-0.2, -0.15) is 0 Å². The highest BCUT2D eigenvalue weighted by Crippen LogP contribution is 2.29. The van der Waals surface area contributed by atoms with Crippen molar-refractivity contribution in [2.24, 2.45) is 0 Å². The lowest BCUT2D eigenvalue weighted by molar-refractivity contribution is 0.501. The molecule has 0 atom stereocenters. The summed E-state index contributed by atoms with van der Waals surface area (Å²) in [5.74, 6) is 2.76. The quantitative estimate of drug-likeness (QED) is 0.648. The monoisotopic (exact) mass is 233 g/mol. The Bertz CT molecular complexity index is 490. The molecule has 0 bridgehead atoms. The third-order valence-corrected chi connectivity index (χ3v) is 3.43. The van der Waals surface area contributed by atoms with Crippen molar-refractivity contribution < 1.29 is 4.42 Å². The Labute approximate surface area is 99.8 Å². The summed E-state index contributed by atoms with van der Waals surface area (Å²) in [6.07, 6.45) is 0. The lowest BCUT2D eigenvalue weighted by Crippen LogP contribution is -1.89. The van der Waals surface area contributed by atoms with Crippen molar-refractivity contribution in [2.45, 2.75) is 24.5 Å². The van der Waals surface area contributed by atoms with Gasteiger partial charge in [-0.3, -0.25) is 0 Å². The number of hydrogen-bond acceptors (Lipinski definition) is 3. The molecule has 3 heteroatoms. The van der Waals surface area contributed by atoms with Crippen LogP contribution in [-0.4, -0.2) is 0 Å². The number of nitrogens with two attached hydrogens (primary N) is 1. The van der Waals surface area contributed by atoms with E-state index in [1.807, 2.05) is 31.2 Å². The predicted octanol–water partition coefficient (Wildman–Crippen LogP) is 3.77. The number of rotatable bonds is 3. The van der Waals surface area contributed by atoms with Gasteiger partial charge in [0.25, 0.3) is 0 Å². The average Bonchev–Trinajstić information content (AvgIpc) is 2.66. The molecule has 0 saturated carbocycles. The van der Waals surface area contributed by atoms with Gasteiger partial charge in [0.15, 0.2) is 0 Å². The summed E-state index contributed by atoms with van der Waals surface area (Å²) < 4.78 is 5.51. The number of benzene rings is 1. The number of furan rings is 1. The third-order valence-electron chi connectivity index (χ3n) is 2.34. The zero-order valence-corrected chi connectivity index (χ0v) is 10.3. The minimum absolute atomic E-state index is 0.821. The zero-order chi connectivity index (χ0) is 11.5. The molecule has 1 heterocycles. The summed E-state index contributed by atoms with van der Waals surface area (Å²) in [4.78, 5) is 1.12.